The van der Waals surface area contributed by atoms with Crippen LogP contribution < -0.4 is 0 Å². The quantitative estimate of drug-likeness (QED) is 0.842. The largest absolute Gasteiger partial charge is 0.466 e. The number of furan rings is 1. The van der Waals surface area contributed by atoms with E-state index >= 15 is 0 Å². The van der Waals surface area contributed by atoms with Crippen LogP contribution in [0.5, 0.6) is 0 Å². The fraction of sp³-hybridized carbons (Fsp3) is 0.200. The summed E-state index contributed by atoms with van der Waals surface area (Å²) >= 11 is 0. The van der Waals surface area contributed by atoms with Gasteiger partial charge in [-0.2, -0.15) is 5.26 Å². The maximum absolute atomic E-state index is 11.8. The maximum atomic E-state index is 11.8. The van der Waals surface area contributed by atoms with Gasteiger partial charge in [-0.1, -0.05) is 30.3 Å². The molecule has 0 aliphatic carbocycles. The zero-order valence-electron chi connectivity index (χ0n) is 10.6. The predicted octanol–water partition coefficient (Wildman–Crippen LogP) is 2.89. The standard InChI is InChI=1S/C15H14N2O2/c1-12(18)17(11-13-6-3-2-4-7-13)14(10-16)15-8-5-9-19-15/h2-9,14H,11H2,1H3/t14-/m1/s1. The van der Waals surface area contributed by atoms with E-state index in [1.165, 1.54) is 18.1 Å². The van der Waals surface area contributed by atoms with Crippen LogP contribution in [-0.4, -0.2) is 10.8 Å². The average molecular weight is 254 g/mol. The first-order chi connectivity index (χ1) is 9.22. The highest BCUT2D eigenvalue weighted by Crippen LogP contribution is 2.22. The molecular weight excluding hydrogens is 240 g/mol. The SMILES string of the molecule is CC(=O)N(Cc1ccccc1)[C@H](C#N)c1ccco1. The summed E-state index contributed by atoms with van der Waals surface area (Å²) in [5, 5.41) is 9.29. The summed E-state index contributed by atoms with van der Waals surface area (Å²) < 4.78 is 5.24. The first-order valence-corrected chi connectivity index (χ1v) is 5.96. The zero-order chi connectivity index (χ0) is 13.7. The van der Waals surface area contributed by atoms with E-state index in [-0.39, 0.29) is 5.91 Å². The van der Waals surface area contributed by atoms with Gasteiger partial charge < -0.3 is 9.32 Å². The number of hydrogen-bond donors (Lipinski definition) is 0. The molecule has 1 atom stereocenters. The van der Waals surface area contributed by atoms with Gasteiger partial charge in [0, 0.05) is 13.5 Å². The van der Waals surface area contributed by atoms with Gasteiger partial charge in [0.05, 0.1) is 12.3 Å². The Balaban J connectivity index is 2.25. The minimum absolute atomic E-state index is 0.160. The van der Waals surface area contributed by atoms with Crippen LogP contribution in [0.4, 0.5) is 0 Å². The first kappa shape index (κ1) is 12.9. The van der Waals surface area contributed by atoms with E-state index in [2.05, 4.69) is 6.07 Å². The molecule has 0 spiro atoms. The lowest BCUT2D eigenvalue weighted by Crippen LogP contribution is -2.31. The Hall–Kier alpha value is -2.54. The van der Waals surface area contributed by atoms with E-state index in [1.807, 2.05) is 30.3 Å². The Morgan fingerprint density at radius 1 is 1.32 bits per heavy atom. The number of nitriles is 1. The van der Waals surface area contributed by atoms with Crippen molar-refractivity contribution in [2.24, 2.45) is 0 Å². The van der Waals surface area contributed by atoms with Crippen LogP contribution in [0.2, 0.25) is 0 Å². The Bertz CT molecular complexity index is 570. The molecule has 0 unspecified atom stereocenters. The molecule has 4 heteroatoms. The highest BCUT2D eigenvalue weighted by atomic mass is 16.3. The second-order valence-electron chi connectivity index (χ2n) is 4.18. The maximum Gasteiger partial charge on any atom is 0.221 e. The fourth-order valence-electron chi connectivity index (χ4n) is 1.90. The van der Waals surface area contributed by atoms with Crippen LogP contribution in [0.15, 0.2) is 53.1 Å². The van der Waals surface area contributed by atoms with E-state index in [9.17, 15) is 10.1 Å². The lowest BCUT2D eigenvalue weighted by Gasteiger charge is -2.24. The van der Waals surface area contributed by atoms with Crippen molar-refractivity contribution in [2.45, 2.75) is 19.5 Å². The van der Waals surface area contributed by atoms with E-state index in [0.29, 0.717) is 12.3 Å². The fourth-order valence-corrected chi connectivity index (χ4v) is 1.90. The molecule has 2 aromatic rings. The molecule has 0 fully saturated rings. The van der Waals surface area contributed by atoms with Gasteiger partial charge in [-0.25, -0.2) is 0 Å². The number of hydrogen-bond acceptors (Lipinski definition) is 3. The highest BCUT2D eigenvalue weighted by Gasteiger charge is 2.24. The lowest BCUT2D eigenvalue weighted by atomic mass is 10.1. The second-order valence-corrected chi connectivity index (χ2v) is 4.18. The van der Waals surface area contributed by atoms with Gasteiger partial charge in [-0.3, -0.25) is 4.79 Å². The second kappa shape index (κ2) is 5.87. The van der Waals surface area contributed by atoms with Crippen LogP contribution in [-0.2, 0) is 11.3 Å². The Labute approximate surface area is 111 Å². The molecule has 19 heavy (non-hydrogen) atoms. The van der Waals surface area contributed by atoms with E-state index in [4.69, 9.17) is 4.42 Å². The molecular formula is C15H14N2O2. The molecule has 2 rings (SSSR count). The van der Waals surface area contributed by atoms with E-state index in [0.717, 1.165) is 5.56 Å². The zero-order valence-corrected chi connectivity index (χ0v) is 10.6. The molecule has 1 aromatic heterocycles. The summed E-state index contributed by atoms with van der Waals surface area (Å²) in [6, 6.07) is 14.4. The molecule has 1 heterocycles. The molecule has 1 amide bonds. The molecule has 0 aliphatic heterocycles. The Morgan fingerprint density at radius 2 is 2.05 bits per heavy atom. The third kappa shape index (κ3) is 3.02. The minimum atomic E-state index is -0.701. The molecule has 0 saturated heterocycles. The number of carbonyl (C=O) groups excluding carboxylic acids is 1. The van der Waals surface area contributed by atoms with Gasteiger partial charge in [0.15, 0.2) is 6.04 Å². The molecule has 0 aliphatic rings. The van der Waals surface area contributed by atoms with E-state index in [1.54, 1.807) is 12.1 Å². The van der Waals surface area contributed by atoms with Crippen molar-refractivity contribution in [2.75, 3.05) is 0 Å². The number of benzene rings is 1. The Kier molecular flexibility index (Phi) is 3.99. The predicted molar refractivity (Wildman–Crippen MR) is 69.7 cm³/mol. The van der Waals surface area contributed by atoms with Gasteiger partial charge in [-0.05, 0) is 17.7 Å². The normalized spacial score (nSPS) is 11.6. The van der Waals surface area contributed by atoms with Gasteiger partial charge in [0.1, 0.15) is 5.76 Å². The monoisotopic (exact) mass is 254 g/mol. The van der Waals surface area contributed by atoms with Crippen LogP contribution in [0, 0.1) is 11.3 Å². The molecule has 96 valence electrons. The highest BCUT2D eigenvalue weighted by molar-refractivity contribution is 5.74. The molecule has 0 radical (unpaired) electrons. The van der Waals surface area contributed by atoms with Crippen molar-refractivity contribution in [3.05, 3.63) is 60.1 Å². The molecule has 0 bridgehead atoms. The van der Waals surface area contributed by atoms with Crippen molar-refractivity contribution in [1.82, 2.24) is 4.90 Å². The summed E-state index contributed by atoms with van der Waals surface area (Å²) in [5.41, 5.74) is 0.976. The van der Waals surface area contributed by atoms with E-state index < -0.39 is 6.04 Å². The Morgan fingerprint density at radius 3 is 2.58 bits per heavy atom. The van der Waals surface area contributed by atoms with Gasteiger partial charge in [0.25, 0.3) is 0 Å². The smallest absolute Gasteiger partial charge is 0.221 e. The van der Waals surface area contributed by atoms with Crippen LogP contribution in [0.1, 0.15) is 24.3 Å². The molecule has 1 aromatic carbocycles. The lowest BCUT2D eigenvalue weighted by molar-refractivity contribution is -0.131. The summed E-state index contributed by atoms with van der Waals surface area (Å²) in [4.78, 5) is 13.3. The van der Waals surface area contributed by atoms with Crippen LogP contribution >= 0.6 is 0 Å². The third-order valence-corrected chi connectivity index (χ3v) is 2.85. The van der Waals surface area contributed by atoms with Crippen molar-refractivity contribution in [1.29, 1.82) is 5.26 Å². The van der Waals surface area contributed by atoms with Crippen LogP contribution in [0.3, 0.4) is 0 Å². The van der Waals surface area contributed by atoms with Crippen molar-refractivity contribution >= 4 is 5.91 Å². The number of amides is 1. The average Bonchev–Trinajstić information content (AvgIpc) is 2.93. The topological polar surface area (TPSA) is 57.2 Å². The summed E-state index contributed by atoms with van der Waals surface area (Å²) in [7, 11) is 0. The number of rotatable bonds is 4. The van der Waals surface area contributed by atoms with Crippen LogP contribution in [0.25, 0.3) is 0 Å². The van der Waals surface area contributed by atoms with Crippen molar-refractivity contribution < 1.29 is 9.21 Å². The number of carbonyl (C=O) groups is 1. The summed E-state index contributed by atoms with van der Waals surface area (Å²) in [6.07, 6.45) is 1.50. The van der Waals surface area contributed by atoms with Gasteiger partial charge in [0.2, 0.25) is 5.91 Å². The molecule has 0 saturated carbocycles. The van der Waals surface area contributed by atoms with Crippen molar-refractivity contribution in [3.63, 3.8) is 0 Å². The summed E-state index contributed by atoms with van der Waals surface area (Å²) in [6.45, 7) is 1.84. The molecule has 0 N–H and O–H groups in total. The van der Waals surface area contributed by atoms with Crippen molar-refractivity contribution in [3.8, 4) is 6.07 Å². The third-order valence-electron chi connectivity index (χ3n) is 2.85. The summed E-state index contributed by atoms with van der Waals surface area (Å²) in [5.74, 6) is 0.320. The molecule has 4 nitrogen and oxygen atoms in total. The minimum Gasteiger partial charge on any atom is -0.466 e. The first-order valence-electron chi connectivity index (χ1n) is 5.96. The number of nitrogens with zero attached hydrogens (tertiary/aromatic N) is 2. The van der Waals surface area contributed by atoms with Gasteiger partial charge >= 0.3 is 0 Å². The van der Waals surface area contributed by atoms with Gasteiger partial charge in [-0.15, -0.1) is 0 Å².